The van der Waals surface area contributed by atoms with E-state index in [2.05, 4.69) is 46.6 Å². The van der Waals surface area contributed by atoms with E-state index in [1.54, 1.807) is 0 Å². The molecule has 0 saturated heterocycles. The van der Waals surface area contributed by atoms with Crippen LogP contribution in [0.25, 0.3) is 10.9 Å². The molecule has 0 unspecified atom stereocenters. The second-order valence-electron chi connectivity index (χ2n) is 6.14. The largest absolute Gasteiger partial charge is 0.399 e. The number of nitrogen functional groups attached to an aromatic ring is 1. The number of benzene rings is 2. The predicted molar refractivity (Wildman–Crippen MR) is 101 cm³/mol. The molecule has 0 bridgehead atoms. The molecule has 1 aromatic heterocycles. The number of fused-ring (bicyclic) bond motifs is 1. The predicted octanol–water partition coefficient (Wildman–Crippen LogP) is 4.04. The molecule has 0 radical (unpaired) electrons. The molecule has 1 atom stereocenters. The van der Waals surface area contributed by atoms with E-state index in [1.807, 2.05) is 38.2 Å². The van der Waals surface area contributed by atoms with Gasteiger partial charge in [-0.25, -0.2) is 9.97 Å². The Labute approximate surface area is 142 Å². The molecule has 2 aromatic carbocycles. The lowest BCUT2D eigenvalue weighted by molar-refractivity contribution is 0.871. The van der Waals surface area contributed by atoms with Gasteiger partial charge in [0, 0.05) is 23.8 Å². The molecule has 24 heavy (non-hydrogen) atoms. The van der Waals surface area contributed by atoms with E-state index in [-0.39, 0.29) is 6.04 Å². The molecule has 3 rings (SSSR count). The molecule has 4 N–H and O–H groups in total. The van der Waals surface area contributed by atoms with Gasteiger partial charge in [-0.05, 0) is 62.2 Å². The van der Waals surface area contributed by atoms with Crippen LogP contribution in [0.2, 0.25) is 0 Å². The third kappa shape index (κ3) is 3.25. The normalized spacial score (nSPS) is 12.2. The van der Waals surface area contributed by atoms with E-state index in [4.69, 9.17) is 5.73 Å². The summed E-state index contributed by atoms with van der Waals surface area (Å²) in [5.41, 5.74) is 11.0. The van der Waals surface area contributed by atoms with Crippen molar-refractivity contribution in [3.8, 4) is 0 Å². The Kier molecular flexibility index (Phi) is 4.25. The van der Waals surface area contributed by atoms with Crippen molar-refractivity contribution >= 4 is 28.1 Å². The molecule has 0 spiro atoms. The maximum absolute atomic E-state index is 5.98. The monoisotopic (exact) mass is 321 g/mol. The zero-order chi connectivity index (χ0) is 17.3. The zero-order valence-electron chi connectivity index (χ0n) is 14.5. The first-order valence-corrected chi connectivity index (χ1v) is 8.06. The van der Waals surface area contributed by atoms with Gasteiger partial charge in [0.15, 0.2) is 0 Å². The summed E-state index contributed by atoms with van der Waals surface area (Å²) < 4.78 is 0. The molecule has 124 valence electrons. The first kappa shape index (κ1) is 16.1. The number of anilines is 3. The number of nitrogens with one attached hydrogen (secondary N) is 2. The Morgan fingerprint density at radius 3 is 2.54 bits per heavy atom. The third-order valence-corrected chi connectivity index (χ3v) is 4.07. The van der Waals surface area contributed by atoms with Gasteiger partial charge in [0.25, 0.3) is 0 Å². The molecule has 0 saturated carbocycles. The van der Waals surface area contributed by atoms with Gasteiger partial charge in [-0.2, -0.15) is 0 Å². The van der Waals surface area contributed by atoms with Gasteiger partial charge in [-0.1, -0.05) is 6.07 Å². The van der Waals surface area contributed by atoms with E-state index in [0.717, 1.165) is 45.0 Å². The lowest BCUT2D eigenvalue weighted by Crippen LogP contribution is -2.10. The van der Waals surface area contributed by atoms with Gasteiger partial charge in [-0.3, -0.25) is 0 Å². The Hall–Kier alpha value is -2.82. The Morgan fingerprint density at radius 1 is 1.04 bits per heavy atom. The van der Waals surface area contributed by atoms with Crippen molar-refractivity contribution in [2.24, 2.45) is 0 Å². The smallest absolute Gasteiger partial charge is 0.138 e. The van der Waals surface area contributed by atoms with Crippen molar-refractivity contribution in [3.63, 3.8) is 0 Å². The van der Waals surface area contributed by atoms with E-state index in [9.17, 15) is 0 Å². The molecule has 3 aromatic rings. The van der Waals surface area contributed by atoms with Crippen molar-refractivity contribution in [3.05, 3.63) is 53.3 Å². The van der Waals surface area contributed by atoms with Crippen molar-refractivity contribution in [2.45, 2.75) is 26.8 Å². The van der Waals surface area contributed by atoms with Gasteiger partial charge >= 0.3 is 0 Å². The van der Waals surface area contributed by atoms with Gasteiger partial charge < -0.3 is 16.4 Å². The summed E-state index contributed by atoms with van der Waals surface area (Å²) in [5, 5.41) is 7.67. The molecule has 5 heteroatoms. The van der Waals surface area contributed by atoms with Gasteiger partial charge in [-0.15, -0.1) is 0 Å². The van der Waals surface area contributed by atoms with Gasteiger partial charge in [0.05, 0.1) is 11.6 Å². The van der Waals surface area contributed by atoms with Crippen LogP contribution in [-0.4, -0.2) is 17.0 Å². The highest BCUT2D eigenvalue weighted by molar-refractivity contribution is 5.91. The second kappa shape index (κ2) is 6.35. The van der Waals surface area contributed by atoms with Crippen LogP contribution in [-0.2, 0) is 0 Å². The molecule has 0 fully saturated rings. The van der Waals surface area contributed by atoms with Crippen LogP contribution in [0.1, 0.15) is 29.9 Å². The minimum Gasteiger partial charge on any atom is -0.399 e. The topological polar surface area (TPSA) is 75.9 Å². The molecular formula is C19H23N5. The second-order valence-corrected chi connectivity index (χ2v) is 6.14. The summed E-state index contributed by atoms with van der Waals surface area (Å²) in [5.74, 6) is 1.58. The van der Waals surface area contributed by atoms with Gasteiger partial charge in [0.2, 0.25) is 0 Å². The fourth-order valence-electron chi connectivity index (χ4n) is 2.89. The van der Waals surface area contributed by atoms with Crippen LogP contribution in [0.5, 0.6) is 0 Å². The van der Waals surface area contributed by atoms with Gasteiger partial charge in [0.1, 0.15) is 11.6 Å². The maximum atomic E-state index is 5.98. The molecule has 0 amide bonds. The van der Waals surface area contributed by atoms with Crippen LogP contribution in [0.4, 0.5) is 17.2 Å². The van der Waals surface area contributed by atoms with E-state index < -0.39 is 0 Å². The highest BCUT2D eigenvalue weighted by Crippen LogP contribution is 2.28. The number of aryl methyl sites for hydroxylation is 2. The molecule has 1 heterocycles. The number of nitrogens with zero attached hydrogens (tertiary/aromatic N) is 2. The summed E-state index contributed by atoms with van der Waals surface area (Å²) in [7, 11) is 1.90. The zero-order valence-corrected chi connectivity index (χ0v) is 14.5. The Bertz CT molecular complexity index is 868. The Morgan fingerprint density at radius 2 is 1.83 bits per heavy atom. The van der Waals surface area contributed by atoms with Crippen LogP contribution in [0.3, 0.4) is 0 Å². The highest BCUT2D eigenvalue weighted by atomic mass is 15.0. The summed E-state index contributed by atoms with van der Waals surface area (Å²) in [6, 6.07) is 12.3. The van der Waals surface area contributed by atoms with Crippen LogP contribution in [0.15, 0.2) is 36.4 Å². The number of aromatic nitrogens is 2. The lowest BCUT2D eigenvalue weighted by Gasteiger charge is -2.18. The molecule has 0 aliphatic heterocycles. The van der Waals surface area contributed by atoms with Crippen LogP contribution in [0, 0.1) is 13.8 Å². The van der Waals surface area contributed by atoms with Crippen LogP contribution < -0.4 is 16.4 Å². The van der Waals surface area contributed by atoms with Crippen molar-refractivity contribution in [1.29, 1.82) is 0 Å². The standard InChI is InChI=1S/C19H23N5/c1-11-7-14(9-15(20)8-11)12(2)22-19-17-10-16(21-4)5-6-18(17)23-13(3)24-19/h5-10,12,21H,20H2,1-4H3,(H,22,23,24)/t12-/m1/s1. The summed E-state index contributed by atoms with van der Waals surface area (Å²) in [4.78, 5) is 9.13. The quantitative estimate of drug-likeness (QED) is 0.632. The number of hydrogen-bond acceptors (Lipinski definition) is 5. The van der Waals surface area contributed by atoms with E-state index >= 15 is 0 Å². The Balaban J connectivity index is 2.02. The molecular weight excluding hydrogens is 298 g/mol. The van der Waals surface area contributed by atoms with Crippen molar-refractivity contribution in [1.82, 2.24) is 9.97 Å². The molecule has 0 aliphatic rings. The number of hydrogen-bond donors (Lipinski definition) is 3. The van der Waals surface area contributed by atoms with E-state index in [1.165, 1.54) is 0 Å². The SMILES string of the molecule is CNc1ccc2nc(C)nc(N[C@H](C)c3cc(C)cc(N)c3)c2c1. The van der Waals surface area contributed by atoms with Crippen molar-refractivity contribution in [2.75, 3.05) is 23.4 Å². The highest BCUT2D eigenvalue weighted by Gasteiger charge is 2.12. The van der Waals surface area contributed by atoms with Crippen molar-refractivity contribution < 1.29 is 0 Å². The number of rotatable bonds is 4. The number of nitrogens with two attached hydrogens (primary N) is 1. The summed E-state index contributed by atoms with van der Waals surface area (Å²) in [6.45, 7) is 6.07. The maximum Gasteiger partial charge on any atom is 0.138 e. The average Bonchev–Trinajstić information content (AvgIpc) is 2.53. The first-order valence-electron chi connectivity index (χ1n) is 8.06. The minimum absolute atomic E-state index is 0.0861. The third-order valence-electron chi connectivity index (χ3n) is 4.07. The minimum atomic E-state index is 0.0861. The summed E-state index contributed by atoms with van der Waals surface area (Å²) >= 11 is 0. The fourth-order valence-corrected chi connectivity index (χ4v) is 2.89. The van der Waals surface area contributed by atoms with E-state index in [0.29, 0.717) is 0 Å². The molecule has 5 nitrogen and oxygen atoms in total. The first-order chi connectivity index (χ1) is 11.5. The average molecular weight is 321 g/mol. The summed E-state index contributed by atoms with van der Waals surface area (Å²) in [6.07, 6.45) is 0. The molecule has 0 aliphatic carbocycles. The van der Waals surface area contributed by atoms with Crippen LogP contribution >= 0.6 is 0 Å². The fraction of sp³-hybridized carbons (Fsp3) is 0.263. The lowest BCUT2D eigenvalue weighted by atomic mass is 10.0.